The van der Waals surface area contributed by atoms with Gasteiger partial charge in [0.25, 0.3) is 0 Å². The number of rotatable bonds is 6. The van der Waals surface area contributed by atoms with Crippen LogP contribution in [0.25, 0.3) is 0 Å². The van der Waals surface area contributed by atoms with Crippen molar-refractivity contribution in [3.05, 3.63) is 90.2 Å². The summed E-state index contributed by atoms with van der Waals surface area (Å²) in [6, 6.07) is 17.6. The van der Waals surface area contributed by atoms with Gasteiger partial charge in [0.15, 0.2) is 0 Å². The third-order valence-electron chi connectivity index (χ3n) is 5.57. The number of likely N-dealkylation sites (N-methyl/N-ethyl adjacent to an activating group) is 1. The molecule has 2 aromatic carbocycles. The summed E-state index contributed by atoms with van der Waals surface area (Å²) in [6.45, 7) is 7.80. The van der Waals surface area contributed by atoms with Crippen molar-refractivity contribution in [2.45, 2.75) is 26.2 Å². The monoisotopic (exact) mass is 508 g/mol. The van der Waals surface area contributed by atoms with Crippen LogP contribution < -0.4 is 9.25 Å². The Morgan fingerprint density at radius 1 is 0.968 bits per heavy atom. The summed E-state index contributed by atoms with van der Waals surface area (Å²) in [4.78, 5) is 6.97. The molecule has 0 amide bonds. The van der Waals surface area contributed by atoms with Gasteiger partial charge in [-0.05, 0) is 18.6 Å². The molecule has 2 heterocycles. The van der Waals surface area contributed by atoms with Gasteiger partial charge < -0.3 is 4.90 Å². The molecule has 0 aromatic heterocycles. The van der Waals surface area contributed by atoms with E-state index in [0.29, 0.717) is 0 Å². The molecule has 160 valence electrons. The molecule has 0 radical (unpaired) electrons. The maximum Gasteiger partial charge on any atom is 0.0450 e. The molecular formula is C26H29AsN2S2. The zero-order valence-corrected chi connectivity index (χ0v) is 21.9. The van der Waals surface area contributed by atoms with Gasteiger partial charge >= 0.3 is 125 Å². The normalized spacial score (nSPS) is 20.1. The summed E-state index contributed by atoms with van der Waals surface area (Å²) in [5, 5.41) is 0. The van der Waals surface area contributed by atoms with E-state index < -0.39 is 12.3 Å². The van der Waals surface area contributed by atoms with E-state index in [-0.39, 0.29) is 5.41 Å². The first kappa shape index (κ1) is 22.6. The Bertz CT molecular complexity index is 1020. The molecule has 2 aliphatic rings. The molecule has 31 heavy (non-hydrogen) atoms. The van der Waals surface area contributed by atoms with Gasteiger partial charge in [0.1, 0.15) is 0 Å². The number of fused-ring (bicyclic) bond motifs is 1. The van der Waals surface area contributed by atoms with Crippen LogP contribution in [-0.4, -0.2) is 36.6 Å². The van der Waals surface area contributed by atoms with Crippen LogP contribution in [-0.2, 0) is 5.41 Å². The molecule has 2 aliphatic heterocycles. The third kappa shape index (κ3) is 5.08. The minimum Gasteiger partial charge on any atom is -0.0618 e. The van der Waals surface area contributed by atoms with Gasteiger partial charge in [-0.25, -0.2) is 0 Å². The number of allylic oxidation sites excluding steroid dienone is 6. The topological polar surface area (TPSA) is 15.6 Å². The molecule has 0 aliphatic carbocycles. The molecule has 0 saturated carbocycles. The first-order valence-corrected chi connectivity index (χ1v) is 18.1. The van der Waals surface area contributed by atoms with Gasteiger partial charge in [-0.15, -0.1) is 0 Å². The van der Waals surface area contributed by atoms with Crippen LogP contribution in [0.4, 0.5) is 11.4 Å². The molecule has 0 atom stereocenters. The van der Waals surface area contributed by atoms with Crippen molar-refractivity contribution in [3.63, 3.8) is 0 Å². The molecule has 2 aromatic rings. The Morgan fingerprint density at radius 3 is 2.42 bits per heavy atom. The van der Waals surface area contributed by atoms with Crippen LogP contribution in [0.5, 0.6) is 0 Å². The summed E-state index contributed by atoms with van der Waals surface area (Å²) >= 11 is -0.873. The SMILES string of the molecule is CCN1/C(=C/C=C/C=C/C=Nc2ccc([As]3SCCS3)cc2)C(C)(C)c2ccccc21. The number of aliphatic imine (C=N–C) groups is 1. The van der Waals surface area contributed by atoms with E-state index in [1.54, 1.807) is 4.35 Å². The van der Waals surface area contributed by atoms with E-state index in [2.05, 4.69) is 117 Å². The minimum atomic E-state index is -0.873. The summed E-state index contributed by atoms with van der Waals surface area (Å²) in [5.74, 6) is 2.64. The van der Waals surface area contributed by atoms with Gasteiger partial charge in [0.2, 0.25) is 0 Å². The van der Waals surface area contributed by atoms with Crippen LogP contribution in [0.2, 0.25) is 0 Å². The quantitative estimate of drug-likeness (QED) is 0.256. The molecule has 0 spiro atoms. The number of benzene rings is 2. The standard InChI is InChI=1S/C26H29AsN2S2/c1-4-29-24-12-9-8-11-23(24)26(2,3)25(29)13-7-5-6-10-18-28-22-16-14-21(15-17-22)27-30-19-20-31-27/h5-18H,4,19-20H2,1-3H3/b7-5+,10-6+,25-13+,28-18?. The summed E-state index contributed by atoms with van der Waals surface area (Å²) < 4.78 is 1.54. The van der Waals surface area contributed by atoms with Gasteiger partial charge in [0, 0.05) is 17.6 Å². The largest absolute Gasteiger partial charge is 0.0618 e. The first-order chi connectivity index (χ1) is 15.1. The first-order valence-electron chi connectivity index (χ1n) is 10.7. The van der Waals surface area contributed by atoms with Crippen LogP contribution in [0.15, 0.2) is 89.6 Å². The van der Waals surface area contributed by atoms with E-state index >= 15 is 0 Å². The molecule has 4 rings (SSSR count). The van der Waals surface area contributed by atoms with Crippen LogP contribution >= 0.6 is 20.0 Å². The molecule has 2 nitrogen and oxygen atoms in total. The number of hydrogen-bond donors (Lipinski definition) is 0. The number of nitrogens with zero attached hydrogens (tertiary/aromatic N) is 2. The van der Waals surface area contributed by atoms with Crippen LogP contribution in [0.1, 0.15) is 26.3 Å². The zero-order chi connectivity index (χ0) is 21.7. The fourth-order valence-corrected chi connectivity index (χ4v) is 18.1. The van der Waals surface area contributed by atoms with E-state index in [1.807, 2.05) is 18.4 Å². The fraction of sp³-hybridized carbons (Fsp3) is 0.269. The van der Waals surface area contributed by atoms with Crippen molar-refractivity contribution in [2.24, 2.45) is 4.99 Å². The Kier molecular flexibility index (Phi) is 7.53. The van der Waals surface area contributed by atoms with E-state index in [1.165, 1.54) is 28.5 Å². The van der Waals surface area contributed by atoms with Crippen LogP contribution in [0.3, 0.4) is 0 Å². The fourth-order valence-electron chi connectivity index (χ4n) is 4.02. The Morgan fingerprint density at radius 2 is 1.68 bits per heavy atom. The Balaban J connectivity index is 1.37. The average Bonchev–Trinajstić information content (AvgIpc) is 3.39. The third-order valence-corrected chi connectivity index (χ3v) is 19.3. The molecule has 0 unspecified atom stereocenters. The van der Waals surface area contributed by atoms with Crippen molar-refractivity contribution in [1.82, 2.24) is 0 Å². The molecule has 1 saturated heterocycles. The van der Waals surface area contributed by atoms with E-state index in [0.717, 1.165) is 12.2 Å². The van der Waals surface area contributed by atoms with E-state index in [4.69, 9.17) is 0 Å². The number of hydrogen-bond acceptors (Lipinski definition) is 4. The summed E-state index contributed by atoms with van der Waals surface area (Å²) in [7, 11) is 4.36. The second kappa shape index (κ2) is 10.3. The molecule has 5 heteroatoms. The molecule has 1 fully saturated rings. The second-order valence-electron chi connectivity index (χ2n) is 7.93. The molecule has 0 N–H and O–H groups in total. The van der Waals surface area contributed by atoms with Crippen molar-refractivity contribution >= 4 is 54.3 Å². The average molecular weight is 509 g/mol. The van der Waals surface area contributed by atoms with Gasteiger partial charge in [-0.3, -0.25) is 0 Å². The van der Waals surface area contributed by atoms with Crippen molar-refractivity contribution in [3.8, 4) is 0 Å². The maximum absolute atomic E-state index is 4.56. The second-order valence-corrected chi connectivity index (χ2v) is 19.7. The zero-order valence-electron chi connectivity index (χ0n) is 18.4. The van der Waals surface area contributed by atoms with Gasteiger partial charge in [0.05, 0.1) is 0 Å². The smallest absolute Gasteiger partial charge is 0.0450 e. The maximum atomic E-state index is 4.56. The Labute approximate surface area is 197 Å². The summed E-state index contributed by atoms with van der Waals surface area (Å²) in [5.41, 5.74) is 5.12. The predicted octanol–water partition coefficient (Wildman–Crippen LogP) is 6.38. The number of para-hydroxylation sites is 1. The van der Waals surface area contributed by atoms with Crippen molar-refractivity contribution in [1.29, 1.82) is 0 Å². The van der Waals surface area contributed by atoms with E-state index in [9.17, 15) is 0 Å². The summed E-state index contributed by atoms with van der Waals surface area (Å²) in [6.07, 6.45) is 12.4. The number of anilines is 1. The van der Waals surface area contributed by atoms with Crippen LogP contribution in [0, 0.1) is 0 Å². The minimum absolute atomic E-state index is 0.0206. The molecular weight excluding hydrogens is 479 g/mol. The van der Waals surface area contributed by atoms with Gasteiger partial charge in [-0.1, -0.05) is 32.0 Å². The Hall–Kier alpha value is -1.61. The van der Waals surface area contributed by atoms with Gasteiger partial charge in [-0.2, -0.15) is 0 Å². The predicted molar refractivity (Wildman–Crippen MR) is 144 cm³/mol. The molecule has 0 bridgehead atoms. The van der Waals surface area contributed by atoms with Crippen molar-refractivity contribution < 1.29 is 0 Å². The van der Waals surface area contributed by atoms with Crippen molar-refractivity contribution in [2.75, 3.05) is 23.0 Å².